The molecule has 0 spiro atoms. The molecule has 12 heavy (non-hydrogen) atoms. The quantitative estimate of drug-likeness (QED) is 0.679. The van der Waals surface area contributed by atoms with Crippen LogP contribution in [0.4, 0.5) is 0 Å². The highest BCUT2D eigenvalue weighted by molar-refractivity contribution is 4.76. The molecular weight excluding hydrogens is 150 g/mol. The summed E-state index contributed by atoms with van der Waals surface area (Å²) in [5, 5.41) is 12.9. The van der Waals surface area contributed by atoms with Crippen molar-refractivity contribution in [2.24, 2.45) is 5.41 Å². The Morgan fingerprint density at radius 3 is 2.17 bits per heavy atom. The lowest BCUT2D eigenvalue weighted by molar-refractivity contribution is 0.0899. The van der Waals surface area contributed by atoms with Gasteiger partial charge in [0.2, 0.25) is 0 Å². The van der Waals surface area contributed by atoms with Crippen LogP contribution in [0.5, 0.6) is 0 Å². The lowest BCUT2D eigenvalue weighted by Gasteiger charge is -2.26. The van der Waals surface area contributed by atoms with Crippen molar-refractivity contribution in [1.29, 1.82) is 0 Å². The van der Waals surface area contributed by atoms with Crippen LogP contribution in [0.1, 0.15) is 41.0 Å². The van der Waals surface area contributed by atoms with Gasteiger partial charge in [-0.1, -0.05) is 27.7 Å². The van der Waals surface area contributed by atoms with E-state index >= 15 is 0 Å². The number of rotatable bonds is 4. The summed E-state index contributed by atoms with van der Waals surface area (Å²) in [6.07, 6.45) is 0.617. The van der Waals surface area contributed by atoms with Crippen molar-refractivity contribution >= 4 is 0 Å². The zero-order valence-corrected chi connectivity index (χ0v) is 9.02. The summed E-state index contributed by atoms with van der Waals surface area (Å²) in [5.41, 5.74) is 0.211. The Kier molecular flexibility index (Phi) is 4.80. The molecule has 0 heterocycles. The standard InChI is InChI=1S/C10H23NO/c1-6-11-8(2)9(12)7-10(3,4)5/h8-9,11-12H,6-7H2,1-5H3. The van der Waals surface area contributed by atoms with Crippen LogP contribution in [-0.2, 0) is 0 Å². The van der Waals surface area contributed by atoms with Gasteiger partial charge < -0.3 is 10.4 Å². The van der Waals surface area contributed by atoms with Crippen LogP contribution in [0, 0.1) is 5.41 Å². The first-order valence-corrected chi connectivity index (χ1v) is 4.78. The summed E-state index contributed by atoms with van der Waals surface area (Å²) in [6.45, 7) is 11.4. The molecule has 0 aromatic carbocycles. The molecule has 0 amide bonds. The Labute approximate surface area is 76.4 Å². The molecule has 2 N–H and O–H groups in total. The normalized spacial score (nSPS) is 17.5. The number of nitrogens with one attached hydrogen (secondary N) is 1. The molecule has 0 aromatic rings. The second kappa shape index (κ2) is 4.83. The van der Waals surface area contributed by atoms with Crippen molar-refractivity contribution in [3.05, 3.63) is 0 Å². The maximum Gasteiger partial charge on any atom is 0.0695 e. The maximum atomic E-state index is 9.72. The molecule has 0 aliphatic rings. The summed E-state index contributed by atoms with van der Waals surface area (Å²) < 4.78 is 0. The van der Waals surface area contributed by atoms with E-state index in [9.17, 15) is 5.11 Å². The van der Waals surface area contributed by atoms with Crippen molar-refractivity contribution in [3.63, 3.8) is 0 Å². The minimum absolute atomic E-state index is 0.203. The van der Waals surface area contributed by atoms with E-state index in [1.807, 2.05) is 6.92 Å². The zero-order valence-electron chi connectivity index (χ0n) is 9.02. The molecule has 0 saturated carbocycles. The fraction of sp³-hybridized carbons (Fsp3) is 1.00. The second-order valence-corrected chi connectivity index (χ2v) is 4.68. The summed E-state index contributed by atoms with van der Waals surface area (Å²) in [4.78, 5) is 0. The summed E-state index contributed by atoms with van der Waals surface area (Å²) in [6, 6.07) is 0.203. The summed E-state index contributed by atoms with van der Waals surface area (Å²) >= 11 is 0. The first kappa shape index (κ1) is 11.9. The molecular formula is C10H23NO. The average Bonchev–Trinajstić information content (AvgIpc) is 1.84. The third-order valence-corrected chi connectivity index (χ3v) is 1.92. The van der Waals surface area contributed by atoms with E-state index in [0.29, 0.717) is 0 Å². The molecule has 0 rings (SSSR count). The Hall–Kier alpha value is -0.0800. The van der Waals surface area contributed by atoms with E-state index in [1.165, 1.54) is 0 Å². The van der Waals surface area contributed by atoms with Gasteiger partial charge in [-0.3, -0.25) is 0 Å². The lowest BCUT2D eigenvalue weighted by atomic mass is 9.87. The van der Waals surface area contributed by atoms with Gasteiger partial charge in [0.05, 0.1) is 6.10 Å². The first-order valence-electron chi connectivity index (χ1n) is 4.78. The van der Waals surface area contributed by atoms with E-state index in [0.717, 1.165) is 13.0 Å². The topological polar surface area (TPSA) is 32.3 Å². The number of aliphatic hydroxyl groups is 1. The molecule has 2 heteroatoms. The monoisotopic (exact) mass is 173 g/mol. The molecule has 0 aliphatic heterocycles. The summed E-state index contributed by atoms with van der Waals surface area (Å²) in [5.74, 6) is 0. The van der Waals surface area contributed by atoms with Gasteiger partial charge in [-0.25, -0.2) is 0 Å². The van der Waals surface area contributed by atoms with E-state index in [-0.39, 0.29) is 17.6 Å². The van der Waals surface area contributed by atoms with Gasteiger partial charge in [-0.2, -0.15) is 0 Å². The molecule has 74 valence electrons. The van der Waals surface area contributed by atoms with E-state index in [1.54, 1.807) is 0 Å². The van der Waals surface area contributed by atoms with Crippen LogP contribution in [0.3, 0.4) is 0 Å². The molecule has 0 saturated heterocycles. The zero-order chi connectivity index (χ0) is 9.78. The summed E-state index contributed by atoms with van der Waals surface area (Å²) in [7, 11) is 0. The number of hydrogen-bond acceptors (Lipinski definition) is 2. The third kappa shape index (κ3) is 5.56. The van der Waals surface area contributed by atoms with Gasteiger partial charge in [0.15, 0.2) is 0 Å². The van der Waals surface area contributed by atoms with Crippen molar-refractivity contribution in [2.75, 3.05) is 6.54 Å². The minimum Gasteiger partial charge on any atom is -0.391 e. The predicted octanol–water partition coefficient (Wildman–Crippen LogP) is 1.78. The largest absolute Gasteiger partial charge is 0.391 e. The van der Waals surface area contributed by atoms with Crippen LogP contribution in [0.25, 0.3) is 0 Å². The van der Waals surface area contributed by atoms with E-state index in [2.05, 4.69) is 33.0 Å². The Bertz CT molecular complexity index is 117. The molecule has 2 unspecified atom stereocenters. The molecule has 0 bridgehead atoms. The molecule has 0 aromatic heterocycles. The molecule has 2 nitrogen and oxygen atoms in total. The SMILES string of the molecule is CCNC(C)C(O)CC(C)(C)C. The second-order valence-electron chi connectivity index (χ2n) is 4.68. The van der Waals surface area contributed by atoms with Crippen molar-refractivity contribution < 1.29 is 5.11 Å². The van der Waals surface area contributed by atoms with Gasteiger partial charge in [0.25, 0.3) is 0 Å². The highest BCUT2D eigenvalue weighted by Gasteiger charge is 2.20. The van der Waals surface area contributed by atoms with E-state index in [4.69, 9.17) is 0 Å². The predicted molar refractivity (Wildman–Crippen MR) is 53.2 cm³/mol. The minimum atomic E-state index is -0.232. The van der Waals surface area contributed by atoms with Crippen LogP contribution in [0.2, 0.25) is 0 Å². The Balaban J connectivity index is 3.78. The van der Waals surface area contributed by atoms with Gasteiger partial charge in [-0.05, 0) is 25.3 Å². The van der Waals surface area contributed by atoms with Gasteiger partial charge in [-0.15, -0.1) is 0 Å². The highest BCUT2D eigenvalue weighted by atomic mass is 16.3. The maximum absolute atomic E-state index is 9.72. The van der Waals surface area contributed by atoms with Gasteiger partial charge >= 0.3 is 0 Å². The first-order chi connectivity index (χ1) is 5.37. The fourth-order valence-corrected chi connectivity index (χ4v) is 1.26. The number of aliphatic hydroxyl groups excluding tert-OH is 1. The number of likely N-dealkylation sites (N-methyl/N-ethyl adjacent to an activating group) is 1. The van der Waals surface area contributed by atoms with Crippen LogP contribution in [-0.4, -0.2) is 23.8 Å². The van der Waals surface area contributed by atoms with Crippen molar-refractivity contribution in [3.8, 4) is 0 Å². The smallest absolute Gasteiger partial charge is 0.0695 e. The number of hydrogen-bond donors (Lipinski definition) is 2. The molecule has 2 atom stereocenters. The Morgan fingerprint density at radius 1 is 1.33 bits per heavy atom. The third-order valence-electron chi connectivity index (χ3n) is 1.92. The molecule has 0 radical (unpaired) electrons. The van der Waals surface area contributed by atoms with Crippen LogP contribution >= 0.6 is 0 Å². The van der Waals surface area contributed by atoms with Gasteiger partial charge in [0.1, 0.15) is 0 Å². The van der Waals surface area contributed by atoms with Crippen LogP contribution in [0.15, 0.2) is 0 Å². The molecule has 0 fully saturated rings. The molecule has 0 aliphatic carbocycles. The lowest BCUT2D eigenvalue weighted by Crippen LogP contribution is -2.39. The average molecular weight is 173 g/mol. The van der Waals surface area contributed by atoms with Crippen molar-refractivity contribution in [1.82, 2.24) is 5.32 Å². The fourth-order valence-electron chi connectivity index (χ4n) is 1.26. The Morgan fingerprint density at radius 2 is 1.83 bits per heavy atom. The van der Waals surface area contributed by atoms with Crippen LogP contribution < -0.4 is 5.32 Å². The van der Waals surface area contributed by atoms with Crippen molar-refractivity contribution in [2.45, 2.75) is 53.2 Å². The van der Waals surface area contributed by atoms with Gasteiger partial charge in [0, 0.05) is 6.04 Å². The van der Waals surface area contributed by atoms with E-state index < -0.39 is 0 Å². The highest BCUT2D eigenvalue weighted by Crippen LogP contribution is 2.21.